The highest BCUT2D eigenvalue weighted by Gasteiger charge is 2.42. The molecular formula is C17H21N3O. The van der Waals surface area contributed by atoms with Crippen molar-refractivity contribution < 1.29 is 4.52 Å². The van der Waals surface area contributed by atoms with Gasteiger partial charge < -0.3 is 10.3 Å². The minimum Gasteiger partial charge on any atom is -0.339 e. The lowest BCUT2D eigenvalue weighted by atomic mass is 9.88. The summed E-state index contributed by atoms with van der Waals surface area (Å²) in [7, 11) is 0. The first-order chi connectivity index (χ1) is 10.3. The summed E-state index contributed by atoms with van der Waals surface area (Å²) < 4.78 is 5.44. The van der Waals surface area contributed by atoms with E-state index < -0.39 is 0 Å². The molecule has 0 aliphatic heterocycles. The van der Waals surface area contributed by atoms with Crippen LogP contribution in [0.1, 0.15) is 54.9 Å². The van der Waals surface area contributed by atoms with Gasteiger partial charge in [-0.05, 0) is 36.7 Å². The maximum Gasteiger partial charge on any atom is 0.228 e. The lowest BCUT2D eigenvalue weighted by molar-refractivity contribution is 0.347. The number of benzene rings is 1. The first kappa shape index (κ1) is 13.0. The molecule has 2 aromatic rings. The molecule has 4 heteroatoms. The van der Waals surface area contributed by atoms with E-state index in [-0.39, 0.29) is 6.04 Å². The topological polar surface area (TPSA) is 64.9 Å². The predicted molar refractivity (Wildman–Crippen MR) is 79.6 cm³/mol. The van der Waals surface area contributed by atoms with Gasteiger partial charge in [-0.2, -0.15) is 4.98 Å². The van der Waals surface area contributed by atoms with Crippen LogP contribution in [0.15, 0.2) is 34.9 Å². The second-order valence-corrected chi connectivity index (χ2v) is 6.55. The van der Waals surface area contributed by atoms with Crippen molar-refractivity contribution in [1.29, 1.82) is 0 Å². The molecule has 110 valence electrons. The monoisotopic (exact) mass is 283 g/mol. The van der Waals surface area contributed by atoms with Gasteiger partial charge >= 0.3 is 0 Å². The van der Waals surface area contributed by atoms with Crippen LogP contribution in [0, 0.1) is 11.8 Å². The van der Waals surface area contributed by atoms with Crippen molar-refractivity contribution in [3.63, 3.8) is 0 Å². The Morgan fingerprint density at radius 2 is 2.05 bits per heavy atom. The summed E-state index contributed by atoms with van der Waals surface area (Å²) in [6.07, 6.45) is 5.94. The van der Waals surface area contributed by atoms with Gasteiger partial charge in [-0.1, -0.05) is 41.9 Å². The van der Waals surface area contributed by atoms with Crippen LogP contribution in [0.5, 0.6) is 0 Å². The highest BCUT2D eigenvalue weighted by atomic mass is 16.5. The molecule has 4 rings (SSSR count). The Hall–Kier alpha value is -1.68. The largest absolute Gasteiger partial charge is 0.339 e. The summed E-state index contributed by atoms with van der Waals surface area (Å²) in [4.78, 5) is 4.62. The molecule has 4 atom stereocenters. The molecular weight excluding hydrogens is 262 g/mol. The summed E-state index contributed by atoms with van der Waals surface area (Å²) >= 11 is 0. The molecule has 2 fully saturated rings. The van der Waals surface area contributed by atoms with Gasteiger partial charge in [-0.25, -0.2) is 0 Å². The molecule has 0 spiro atoms. The summed E-state index contributed by atoms with van der Waals surface area (Å²) in [5.74, 6) is 3.78. The Morgan fingerprint density at radius 3 is 2.76 bits per heavy atom. The zero-order chi connectivity index (χ0) is 14.2. The molecule has 2 aliphatic rings. The van der Waals surface area contributed by atoms with E-state index >= 15 is 0 Å². The fourth-order valence-electron chi connectivity index (χ4n) is 4.07. The average Bonchev–Trinajstić information content (AvgIpc) is 3.24. The SMILES string of the molecule is NC(Cc1nc(C2CC3CCC2C3)no1)c1ccccc1. The number of aromatic nitrogens is 2. The molecule has 1 aromatic heterocycles. The minimum absolute atomic E-state index is 0.0838. The second-order valence-electron chi connectivity index (χ2n) is 6.55. The average molecular weight is 283 g/mol. The highest BCUT2D eigenvalue weighted by molar-refractivity contribution is 5.19. The van der Waals surface area contributed by atoms with Crippen LogP contribution in [-0.4, -0.2) is 10.1 Å². The molecule has 2 saturated carbocycles. The molecule has 0 saturated heterocycles. The zero-order valence-corrected chi connectivity index (χ0v) is 12.1. The number of rotatable bonds is 4. The van der Waals surface area contributed by atoms with Crippen LogP contribution in [-0.2, 0) is 6.42 Å². The lowest BCUT2D eigenvalue weighted by Gasteiger charge is -2.17. The van der Waals surface area contributed by atoms with E-state index in [1.165, 1.54) is 25.7 Å². The quantitative estimate of drug-likeness (QED) is 0.935. The third-order valence-electron chi connectivity index (χ3n) is 5.18. The second kappa shape index (κ2) is 5.26. The number of fused-ring (bicyclic) bond motifs is 2. The molecule has 1 aromatic carbocycles. The zero-order valence-electron chi connectivity index (χ0n) is 12.1. The van der Waals surface area contributed by atoms with Gasteiger partial charge in [0.05, 0.1) is 0 Å². The third-order valence-corrected chi connectivity index (χ3v) is 5.18. The van der Waals surface area contributed by atoms with Crippen molar-refractivity contribution in [2.45, 2.75) is 44.1 Å². The van der Waals surface area contributed by atoms with E-state index in [0.29, 0.717) is 18.2 Å². The molecule has 2 N–H and O–H groups in total. The van der Waals surface area contributed by atoms with Gasteiger partial charge in [-0.3, -0.25) is 0 Å². The first-order valence-electron chi connectivity index (χ1n) is 7.92. The van der Waals surface area contributed by atoms with Crippen molar-refractivity contribution in [1.82, 2.24) is 10.1 Å². The van der Waals surface area contributed by atoms with Crippen LogP contribution in [0.4, 0.5) is 0 Å². The lowest BCUT2D eigenvalue weighted by Crippen LogP contribution is -2.14. The Bertz CT molecular complexity index is 610. The van der Waals surface area contributed by atoms with Gasteiger partial charge in [0, 0.05) is 18.4 Å². The summed E-state index contributed by atoms with van der Waals surface area (Å²) in [5.41, 5.74) is 7.33. The predicted octanol–water partition coefficient (Wildman–Crippen LogP) is 3.22. The van der Waals surface area contributed by atoms with E-state index in [2.05, 4.69) is 10.1 Å². The fraction of sp³-hybridized carbons (Fsp3) is 0.529. The van der Waals surface area contributed by atoms with Crippen LogP contribution >= 0.6 is 0 Å². The van der Waals surface area contributed by atoms with Crippen molar-refractivity contribution in [2.24, 2.45) is 17.6 Å². The highest BCUT2D eigenvalue weighted by Crippen LogP contribution is 2.52. The number of nitrogens with two attached hydrogens (primary N) is 1. The fourth-order valence-corrected chi connectivity index (χ4v) is 4.07. The minimum atomic E-state index is -0.0838. The van der Waals surface area contributed by atoms with Gasteiger partial charge in [0.15, 0.2) is 5.82 Å². The van der Waals surface area contributed by atoms with E-state index in [1.54, 1.807) is 0 Å². The maximum absolute atomic E-state index is 6.22. The van der Waals surface area contributed by atoms with Gasteiger partial charge in [0.2, 0.25) is 5.89 Å². The van der Waals surface area contributed by atoms with Crippen LogP contribution < -0.4 is 5.73 Å². The molecule has 4 nitrogen and oxygen atoms in total. The van der Waals surface area contributed by atoms with Crippen LogP contribution in [0.3, 0.4) is 0 Å². The molecule has 0 amide bonds. The first-order valence-corrected chi connectivity index (χ1v) is 7.92. The van der Waals surface area contributed by atoms with Crippen molar-refractivity contribution in [2.75, 3.05) is 0 Å². The van der Waals surface area contributed by atoms with E-state index in [1.807, 2.05) is 30.3 Å². The third kappa shape index (κ3) is 2.48. The van der Waals surface area contributed by atoms with Crippen molar-refractivity contribution in [3.8, 4) is 0 Å². The standard InChI is InChI=1S/C17H21N3O/c18-15(12-4-2-1-3-5-12)10-16-19-17(20-21-16)14-9-11-6-7-13(14)8-11/h1-5,11,13-15H,6-10,18H2. The van der Waals surface area contributed by atoms with Gasteiger partial charge in [0.25, 0.3) is 0 Å². The molecule has 2 aliphatic carbocycles. The Morgan fingerprint density at radius 1 is 1.19 bits per heavy atom. The smallest absolute Gasteiger partial charge is 0.228 e. The normalized spacial score (nSPS) is 28.9. The van der Waals surface area contributed by atoms with Gasteiger partial charge in [-0.15, -0.1) is 0 Å². The molecule has 0 radical (unpaired) electrons. The molecule has 21 heavy (non-hydrogen) atoms. The van der Waals surface area contributed by atoms with Crippen molar-refractivity contribution in [3.05, 3.63) is 47.6 Å². The van der Waals surface area contributed by atoms with E-state index in [9.17, 15) is 0 Å². The van der Waals surface area contributed by atoms with Crippen molar-refractivity contribution >= 4 is 0 Å². The number of hydrogen-bond donors (Lipinski definition) is 1. The van der Waals surface area contributed by atoms with Gasteiger partial charge in [0.1, 0.15) is 0 Å². The maximum atomic E-state index is 6.22. The summed E-state index contributed by atoms with van der Waals surface area (Å²) in [6, 6.07) is 10.00. The molecule has 1 heterocycles. The summed E-state index contributed by atoms with van der Waals surface area (Å²) in [6.45, 7) is 0. The molecule has 4 unspecified atom stereocenters. The molecule has 2 bridgehead atoms. The summed E-state index contributed by atoms with van der Waals surface area (Å²) in [5, 5.41) is 4.22. The van der Waals surface area contributed by atoms with Crippen LogP contribution in [0.25, 0.3) is 0 Å². The Labute approximate surface area is 124 Å². The Kier molecular flexibility index (Phi) is 3.26. The van der Waals surface area contributed by atoms with E-state index in [0.717, 1.165) is 23.2 Å². The van der Waals surface area contributed by atoms with E-state index in [4.69, 9.17) is 10.3 Å². The number of nitrogens with zero attached hydrogens (tertiary/aromatic N) is 2. The Balaban J connectivity index is 1.45. The number of hydrogen-bond acceptors (Lipinski definition) is 4. The van der Waals surface area contributed by atoms with Crippen LogP contribution in [0.2, 0.25) is 0 Å².